The predicted octanol–water partition coefficient (Wildman–Crippen LogP) is -3.45. The van der Waals surface area contributed by atoms with Crippen LogP contribution in [0.1, 0.15) is 19.4 Å². The maximum Gasteiger partial charge on any atom is 0.326 e. The highest BCUT2D eigenvalue weighted by Gasteiger charge is 2.34. The first kappa shape index (κ1) is 27.8. The van der Waals surface area contributed by atoms with Gasteiger partial charge in [-0.15, -0.1) is 0 Å². The highest BCUT2D eigenvalue weighted by molar-refractivity contribution is 5.94. The molecule has 0 saturated heterocycles. The molecule has 0 aromatic heterocycles. The second-order valence-corrected chi connectivity index (χ2v) is 7.51. The molecule has 6 unspecified atom stereocenters. The number of phenolic OH excluding ortho intramolecular Hbond substituents is 1. The van der Waals surface area contributed by atoms with Crippen LogP contribution < -0.4 is 21.7 Å². The number of aliphatic hydroxyl groups is 3. The van der Waals surface area contributed by atoms with Crippen molar-refractivity contribution in [2.45, 2.75) is 56.6 Å². The number of aliphatic hydroxyl groups excluding tert-OH is 3. The monoisotopic (exact) mass is 470 g/mol. The second-order valence-electron chi connectivity index (χ2n) is 7.51. The van der Waals surface area contributed by atoms with Crippen LogP contribution in [0.5, 0.6) is 5.75 Å². The zero-order valence-corrected chi connectivity index (χ0v) is 18.1. The van der Waals surface area contributed by atoms with Gasteiger partial charge in [0.25, 0.3) is 0 Å². The molecule has 0 aliphatic rings. The smallest absolute Gasteiger partial charge is 0.326 e. The number of carbonyl (C=O) groups is 4. The third-order valence-electron chi connectivity index (χ3n) is 4.65. The first-order valence-electron chi connectivity index (χ1n) is 10.0. The molecule has 0 fully saturated rings. The molecule has 1 aromatic carbocycles. The Morgan fingerprint density at radius 3 is 1.76 bits per heavy atom. The Hall–Kier alpha value is -3.26. The molecule has 0 heterocycles. The Bertz CT molecular complexity index is 829. The van der Waals surface area contributed by atoms with E-state index in [4.69, 9.17) is 10.8 Å². The molecule has 0 aliphatic heterocycles. The van der Waals surface area contributed by atoms with Gasteiger partial charge in [-0.1, -0.05) is 12.1 Å². The second kappa shape index (κ2) is 12.7. The maximum absolute atomic E-state index is 12.7. The fourth-order valence-corrected chi connectivity index (χ4v) is 2.73. The molecule has 0 aliphatic carbocycles. The van der Waals surface area contributed by atoms with Crippen molar-refractivity contribution < 1.29 is 44.7 Å². The van der Waals surface area contributed by atoms with Crippen molar-refractivity contribution in [2.75, 3.05) is 6.61 Å². The van der Waals surface area contributed by atoms with Gasteiger partial charge in [-0.2, -0.15) is 0 Å². The summed E-state index contributed by atoms with van der Waals surface area (Å²) in [6.07, 6.45) is -3.05. The normalized spacial score (nSPS) is 16.4. The average molecular weight is 470 g/mol. The summed E-state index contributed by atoms with van der Waals surface area (Å²) in [4.78, 5) is 48.7. The van der Waals surface area contributed by atoms with Crippen molar-refractivity contribution in [2.24, 2.45) is 5.73 Å². The summed E-state index contributed by atoms with van der Waals surface area (Å²) in [6, 6.07) is -0.331. The summed E-state index contributed by atoms with van der Waals surface area (Å²) in [5.41, 5.74) is 5.86. The van der Waals surface area contributed by atoms with Crippen molar-refractivity contribution in [3.63, 3.8) is 0 Å². The topological polar surface area (TPSA) is 232 Å². The van der Waals surface area contributed by atoms with E-state index in [9.17, 15) is 39.6 Å². The van der Waals surface area contributed by atoms with Crippen LogP contribution in [0.25, 0.3) is 0 Å². The third kappa shape index (κ3) is 8.65. The average Bonchev–Trinajstić information content (AvgIpc) is 2.74. The van der Waals surface area contributed by atoms with Crippen LogP contribution in [-0.4, -0.2) is 92.2 Å². The number of carboxylic acids is 1. The van der Waals surface area contributed by atoms with Gasteiger partial charge >= 0.3 is 5.97 Å². The molecular weight excluding hydrogens is 440 g/mol. The number of phenols is 1. The summed E-state index contributed by atoms with van der Waals surface area (Å²) < 4.78 is 0. The zero-order valence-electron chi connectivity index (χ0n) is 18.1. The van der Waals surface area contributed by atoms with Crippen molar-refractivity contribution in [3.05, 3.63) is 29.8 Å². The van der Waals surface area contributed by atoms with Crippen LogP contribution in [0.4, 0.5) is 0 Å². The number of aliphatic carboxylic acids is 1. The van der Waals surface area contributed by atoms with E-state index in [1.54, 1.807) is 0 Å². The van der Waals surface area contributed by atoms with E-state index >= 15 is 0 Å². The summed E-state index contributed by atoms with van der Waals surface area (Å²) in [7, 11) is 0. The lowest BCUT2D eigenvalue weighted by atomic mass is 10.0. The van der Waals surface area contributed by atoms with Gasteiger partial charge in [0.2, 0.25) is 17.7 Å². The number of nitrogens with one attached hydrogen (secondary N) is 3. The minimum Gasteiger partial charge on any atom is -0.508 e. The standard InChI is InChI=1S/C20H30N4O9/c1-9(26)15(24-19(31)16(10(2)27)23-17(29)13(21)8-25)18(30)22-14(20(32)33)7-11-3-5-12(28)6-4-11/h3-6,9-10,13-16,25-28H,7-8,21H2,1-2H3,(H,22,30)(H,23,29)(H,24,31)(H,32,33). The van der Waals surface area contributed by atoms with Crippen molar-refractivity contribution >= 4 is 23.7 Å². The first-order valence-corrected chi connectivity index (χ1v) is 10.0. The number of carboxylic acid groups (broad SMARTS) is 1. The van der Waals surface area contributed by atoms with Gasteiger partial charge in [0, 0.05) is 6.42 Å². The fraction of sp³-hybridized carbons (Fsp3) is 0.500. The van der Waals surface area contributed by atoms with E-state index in [1.165, 1.54) is 38.1 Å². The van der Waals surface area contributed by atoms with Gasteiger partial charge in [-0.25, -0.2) is 4.79 Å². The Morgan fingerprint density at radius 2 is 1.33 bits per heavy atom. The molecule has 3 amide bonds. The van der Waals surface area contributed by atoms with Crippen LogP contribution in [-0.2, 0) is 25.6 Å². The molecule has 13 nitrogen and oxygen atoms in total. The molecule has 33 heavy (non-hydrogen) atoms. The Labute approximate surface area is 189 Å². The minimum atomic E-state index is -1.62. The molecule has 6 atom stereocenters. The van der Waals surface area contributed by atoms with Crippen LogP contribution >= 0.6 is 0 Å². The van der Waals surface area contributed by atoms with E-state index in [1.807, 2.05) is 0 Å². The van der Waals surface area contributed by atoms with Gasteiger partial charge in [0.05, 0.1) is 18.8 Å². The SMILES string of the molecule is CC(O)C(NC(=O)C(N)CO)C(=O)NC(C(=O)NC(Cc1ccc(O)cc1)C(=O)O)C(C)O. The van der Waals surface area contributed by atoms with Crippen LogP contribution in [0.15, 0.2) is 24.3 Å². The van der Waals surface area contributed by atoms with Crippen molar-refractivity contribution in [1.82, 2.24) is 16.0 Å². The zero-order chi connectivity index (χ0) is 25.3. The number of nitrogens with two attached hydrogens (primary N) is 1. The number of benzene rings is 1. The first-order chi connectivity index (χ1) is 15.4. The van der Waals surface area contributed by atoms with Crippen LogP contribution in [0, 0.1) is 0 Å². The van der Waals surface area contributed by atoms with E-state index in [0.29, 0.717) is 5.56 Å². The van der Waals surface area contributed by atoms with Gasteiger partial charge in [-0.3, -0.25) is 14.4 Å². The van der Waals surface area contributed by atoms with E-state index < -0.39 is 66.7 Å². The molecule has 1 rings (SSSR count). The largest absolute Gasteiger partial charge is 0.508 e. The lowest BCUT2D eigenvalue weighted by Gasteiger charge is -2.27. The minimum absolute atomic E-state index is 0.0220. The van der Waals surface area contributed by atoms with Crippen LogP contribution in [0.3, 0.4) is 0 Å². The molecular formula is C20H30N4O9. The molecule has 13 heteroatoms. The highest BCUT2D eigenvalue weighted by Crippen LogP contribution is 2.12. The Morgan fingerprint density at radius 1 is 0.879 bits per heavy atom. The quantitative estimate of drug-likeness (QED) is 0.147. The van der Waals surface area contributed by atoms with Gasteiger partial charge in [-0.05, 0) is 31.5 Å². The number of carbonyl (C=O) groups excluding carboxylic acids is 3. The van der Waals surface area contributed by atoms with Gasteiger partial charge < -0.3 is 47.2 Å². The lowest BCUT2D eigenvalue weighted by Crippen LogP contribution is -2.62. The van der Waals surface area contributed by atoms with E-state index in [2.05, 4.69) is 16.0 Å². The fourth-order valence-electron chi connectivity index (χ4n) is 2.73. The molecule has 0 radical (unpaired) electrons. The number of aromatic hydroxyl groups is 1. The molecule has 10 N–H and O–H groups in total. The summed E-state index contributed by atoms with van der Waals surface area (Å²) in [5, 5.41) is 54.1. The van der Waals surface area contributed by atoms with Gasteiger partial charge in [0.15, 0.2) is 0 Å². The highest BCUT2D eigenvalue weighted by atomic mass is 16.4. The predicted molar refractivity (Wildman–Crippen MR) is 114 cm³/mol. The molecule has 0 saturated carbocycles. The summed E-state index contributed by atoms with van der Waals surface area (Å²) in [6.45, 7) is 1.65. The molecule has 1 aromatic rings. The molecule has 0 bridgehead atoms. The summed E-state index contributed by atoms with van der Waals surface area (Å²) in [5.74, 6) is -4.40. The third-order valence-corrected chi connectivity index (χ3v) is 4.65. The van der Waals surface area contributed by atoms with Crippen molar-refractivity contribution in [1.29, 1.82) is 0 Å². The maximum atomic E-state index is 12.7. The van der Waals surface area contributed by atoms with Crippen molar-refractivity contribution in [3.8, 4) is 5.75 Å². The van der Waals surface area contributed by atoms with Gasteiger partial charge in [0.1, 0.15) is 29.9 Å². The lowest BCUT2D eigenvalue weighted by molar-refractivity contribution is -0.143. The Kier molecular flexibility index (Phi) is 10.7. The number of rotatable bonds is 12. The van der Waals surface area contributed by atoms with E-state index in [-0.39, 0.29) is 12.2 Å². The summed E-state index contributed by atoms with van der Waals surface area (Å²) >= 11 is 0. The van der Waals surface area contributed by atoms with E-state index in [0.717, 1.165) is 0 Å². The number of hydrogen-bond acceptors (Lipinski definition) is 9. The molecule has 0 spiro atoms. The number of hydrogen-bond donors (Lipinski definition) is 9. The van der Waals surface area contributed by atoms with Crippen LogP contribution in [0.2, 0.25) is 0 Å². The molecule has 184 valence electrons. The Balaban J connectivity index is 2.94. The number of amides is 3.